The Morgan fingerprint density at radius 3 is 2.86 bits per heavy atom. The van der Waals surface area contributed by atoms with Gasteiger partial charge in [-0.05, 0) is 42.4 Å². The van der Waals surface area contributed by atoms with Crippen LogP contribution in [0.1, 0.15) is 29.5 Å². The highest BCUT2D eigenvalue weighted by Crippen LogP contribution is 2.22. The van der Waals surface area contributed by atoms with Gasteiger partial charge in [-0.25, -0.2) is 4.98 Å². The minimum Gasteiger partial charge on any atom is -0.294 e. The molecule has 1 aliphatic carbocycles. The van der Waals surface area contributed by atoms with Gasteiger partial charge < -0.3 is 0 Å². The van der Waals surface area contributed by atoms with E-state index in [2.05, 4.69) is 28.3 Å². The zero-order valence-corrected chi connectivity index (χ0v) is 12.6. The first kappa shape index (κ1) is 13.2. The maximum atomic E-state index is 12.5. The Morgan fingerprint density at radius 1 is 1.18 bits per heavy atom. The predicted molar refractivity (Wildman–Crippen MR) is 85.0 cm³/mol. The summed E-state index contributed by atoms with van der Waals surface area (Å²) in [5.41, 5.74) is 4.66. The van der Waals surface area contributed by atoms with Crippen LogP contribution in [0.25, 0.3) is 11.0 Å². The fourth-order valence-electron chi connectivity index (χ4n) is 3.26. The summed E-state index contributed by atoms with van der Waals surface area (Å²) in [4.78, 5) is 16.9. The van der Waals surface area contributed by atoms with Gasteiger partial charge in [0.15, 0.2) is 5.65 Å². The lowest BCUT2D eigenvalue weighted by Gasteiger charge is -2.16. The molecule has 0 saturated carbocycles. The van der Waals surface area contributed by atoms with Gasteiger partial charge in [-0.2, -0.15) is 5.10 Å². The van der Waals surface area contributed by atoms with E-state index >= 15 is 0 Å². The average molecular weight is 294 g/mol. The van der Waals surface area contributed by atoms with Crippen molar-refractivity contribution in [2.45, 2.75) is 32.2 Å². The van der Waals surface area contributed by atoms with E-state index in [0.717, 1.165) is 12.0 Å². The summed E-state index contributed by atoms with van der Waals surface area (Å²) < 4.78 is 3.29. The van der Waals surface area contributed by atoms with Crippen LogP contribution in [-0.2, 0) is 26.4 Å². The Hall–Kier alpha value is -2.43. The van der Waals surface area contributed by atoms with Crippen LogP contribution < -0.4 is 5.56 Å². The van der Waals surface area contributed by atoms with Crippen molar-refractivity contribution in [3.05, 3.63) is 57.8 Å². The SMILES string of the molecule is Cn1ncc2c(=O)n(Cc3ccc4c(c3)CCCC4)cnc21. The molecule has 5 nitrogen and oxygen atoms in total. The highest BCUT2D eigenvalue weighted by Gasteiger charge is 2.11. The Balaban J connectivity index is 1.71. The summed E-state index contributed by atoms with van der Waals surface area (Å²) >= 11 is 0. The van der Waals surface area contributed by atoms with Gasteiger partial charge >= 0.3 is 0 Å². The maximum Gasteiger partial charge on any atom is 0.264 e. The molecule has 0 saturated heterocycles. The third-order valence-corrected chi connectivity index (χ3v) is 4.48. The van der Waals surface area contributed by atoms with E-state index < -0.39 is 0 Å². The molecular weight excluding hydrogens is 276 g/mol. The molecule has 0 bridgehead atoms. The summed E-state index contributed by atoms with van der Waals surface area (Å²) in [5, 5.41) is 4.68. The molecule has 0 aliphatic heterocycles. The molecule has 0 amide bonds. The highest BCUT2D eigenvalue weighted by molar-refractivity contribution is 5.72. The van der Waals surface area contributed by atoms with E-state index in [1.54, 1.807) is 28.8 Å². The lowest BCUT2D eigenvalue weighted by atomic mass is 9.90. The lowest BCUT2D eigenvalue weighted by molar-refractivity contribution is 0.680. The van der Waals surface area contributed by atoms with Gasteiger partial charge in [0.25, 0.3) is 5.56 Å². The van der Waals surface area contributed by atoms with Crippen LogP contribution in [0.15, 0.2) is 35.5 Å². The number of fused-ring (bicyclic) bond motifs is 2. The zero-order valence-electron chi connectivity index (χ0n) is 12.6. The molecule has 0 fully saturated rings. The number of rotatable bonds is 2. The minimum absolute atomic E-state index is 0.0316. The summed E-state index contributed by atoms with van der Waals surface area (Å²) in [5.74, 6) is 0. The van der Waals surface area contributed by atoms with Crippen LogP contribution in [0.2, 0.25) is 0 Å². The molecule has 22 heavy (non-hydrogen) atoms. The second kappa shape index (κ2) is 5.09. The molecule has 0 N–H and O–H groups in total. The monoisotopic (exact) mass is 294 g/mol. The highest BCUT2D eigenvalue weighted by atomic mass is 16.1. The molecular formula is C17H18N4O. The van der Waals surface area contributed by atoms with Crippen molar-refractivity contribution in [3.8, 4) is 0 Å². The van der Waals surface area contributed by atoms with E-state index in [1.807, 2.05) is 0 Å². The first-order valence-electron chi connectivity index (χ1n) is 7.70. The number of hydrogen-bond donors (Lipinski definition) is 0. The molecule has 2 aromatic heterocycles. The second-order valence-electron chi connectivity index (χ2n) is 5.99. The minimum atomic E-state index is -0.0316. The average Bonchev–Trinajstić information content (AvgIpc) is 2.92. The molecule has 0 spiro atoms. The van der Waals surface area contributed by atoms with E-state index in [0.29, 0.717) is 17.6 Å². The Morgan fingerprint density at radius 2 is 2.00 bits per heavy atom. The predicted octanol–water partition coefficient (Wildman–Crippen LogP) is 2.06. The first-order chi connectivity index (χ1) is 10.7. The van der Waals surface area contributed by atoms with E-state index in [9.17, 15) is 4.79 Å². The summed E-state index contributed by atoms with van der Waals surface area (Å²) in [6, 6.07) is 6.59. The molecule has 3 aromatic rings. The fourth-order valence-corrected chi connectivity index (χ4v) is 3.26. The standard InChI is InChI=1S/C17H18N4O/c1-20-16-15(9-19-20)17(22)21(11-18-16)10-12-6-7-13-4-2-3-5-14(13)8-12/h6-9,11H,2-5,10H2,1H3. The van der Waals surface area contributed by atoms with Crippen molar-refractivity contribution in [1.29, 1.82) is 0 Å². The third kappa shape index (κ3) is 2.13. The van der Waals surface area contributed by atoms with Gasteiger partial charge in [-0.15, -0.1) is 0 Å². The molecule has 0 unspecified atom stereocenters. The second-order valence-corrected chi connectivity index (χ2v) is 5.99. The van der Waals surface area contributed by atoms with Crippen LogP contribution in [-0.4, -0.2) is 19.3 Å². The normalized spacial score (nSPS) is 14.2. The van der Waals surface area contributed by atoms with Gasteiger partial charge in [0.2, 0.25) is 0 Å². The topological polar surface area (TPSA) is 52.7 Å². The van der Waals surface area contributed by atoms with Crippen molar-refractivity contribution >= 4 is 11.0 Å². The summed E-state index contributed by atoms with van der Waals surface area (Å²) in [7, 11) is 1.79. The van der Waals surface area contributed by atoms with Gasteiger partial charge in [-0.1, -0.05) is 18.2 Å². The van der Waals surface area contributed by atoms with Gasteiger partial charge in [0.05, 0.1) is 12.7 Å². The van der Waals surface area contributed by atoms with Crippen LogP contribution in [0.4, 0.5) is 0 Å². The largest absolute Gasteiger partial charge is 0.294 e. The Labute approximate surface area is 128 Å². The molecule has 4 rings (SSSR count). The fraction of sp³-hybridized carbons (Fsp3) is 0.353. The lowest BCUT2D eigenvalue weighted by Crippen LogP contribution is -2.21. The number of hydrogen-bond acceptors (Lipinski definition) is 3. The smallest absolute Gasteiger partial charge is 0.264 e. The molecule has 0 atom stereocenters. The summed E-state index contributed by atoms with van der Waals surface area (Å²) in [6.45, 7) is 0.559. The molecule has 1 aliphatic rings. The first-order valence-corrected chi connectivity index (χ1v) is 7.70. The number of aryl methyl sites for hydroxylation is 3. The van der Waals surface area contributed by atoms with Gasteiger partial charge in [0.1, 0.15) is 11.7 Å². The van der Waals surface area contributed by atoms with Gasteiger partial charge in [0, 0.05) is 7.05 Å². The summed E-state index contributed by atoms with van der Waals surface area (Å²) in [6.07, 6.45) is 8.09. The van der Waals surface area contributed by atoms with Crippen LogP contribution >= 0.6 is 0 Å². The van der Waals surface area contributed by atoms with Crippen molar-refractivity contribution in [1.82, 2.24) is 19.3 Å². The van der Waals surface area contributed by atoms with Crippen molar-refractivity contribution in [2.24, 2.45) is 7.05 Å². The van der Waals surface area contributed by atoms with Crippen molar-refractivity contribution in [3.63, 3.8) is 0 Å². The van der Waals surface area contributed by atoms with Crippen LogP contribution in [0.5, 0.6) is 0 Å². The Kier molecular flexibility index (Phi) is 3.06. The van der Waals surface area contributed by atoms with Crippen LogP contribution in [0, 0.1) is 0 Å². The maximum absolute atomic E-state index is 12.5. The number of benzene rings is 1. The molecule has 0 radical (unpaired) electrons. The molecule has 112 valence electrons. The van der Waals surface area contributed by atoms with E-state index in [4.69, 9.17) is 0 Å². The van der Waals surface area contributed by atoms with Gasteiger partial charge in [-0.3, -0.25) is 14.0 Å². The molecule has 1 aromatic carbocycles. The van der Waals surface area contributed by atoms with E-state index in [-0.39, 0.29) is 5.56 Å². The quantitative estimate of drug-likeness (QED) is 0.727. The van der Waals surface area contributed by atoms with Crippen LogP contribution in [0.3, 0.4) is 0 Å². The third-order valence-electron chi connectivity index (χ3n) is 4.48. The zero-order chi connectivity index (χ0) is 15.1. The number of aromatic nitrogens is 4. The molecule has 2 heterocycles. The number of nitrogens with zero attached hydrogens (tertiary/aromatic N) is 4. The van der Waals surface area contributed by atoms with E-state index in [1.165, 1.54) is 30.4 Å². The van der Waals surface area contributed by atoms with Crippen molar-refractivity contribution < 1.29 is 0 Å². The van der Waals surface area contributed by atoms with Crippen molar-refractivity contribution in [2.75, 3.05) is 0 Å². The Bertz CT molecular complexity index is 907. The molecule has 5 heteroatoms.